The first-order valence-electron chi connectivity index (χ1n) is 10.6. The van der Waals surface area contributed by atoms with Crippen molar-refractivity contribution in [1.82, 2.24) is 19.8 Å². The average Bonchev–Trinajstić information content (AvgIpc) is 3.09. The fraction of sp³-hybridized carbons (Fsp3) is 0.650. The molecule has 2 saturated heterocycles. The lowest BCUT2D eigenvalue weighted by Crippen LogP contribution is -2.67. The van der Waals surface area contributed by atoms with E-state index in [1.807, 2.05) is 0 Å². The molecule has 2 N–H and O–H groups in total. The van der Waals surface area contributed by atoms with Crippen molar-refractivity contribution in [2.75, 3.05) is 58.9 Å². The van der Waals surface area contributed by atoms with Gasteiger partial charge in [-0.05, 0) is 19.4 Å². The second kappa shape index (κ2) is 13.0. The number of alkyl halides is 6. The van der Waals surface area contributed by atoms with Gasteiger partial charge in [0.05, 0.1) is 24.5 Å². The Kier molecular flexibility index (Phi) is 11.2. The van der Waals surface area contributed by atoms with Crippen LogP contribution in [0.25, 0.3) is 0 Å². The summed E-state index contributed by atoms with van der Waals surface area (Å²) in [4.78, 5) is 43.4. The summed E-state index contributed by atoms with van der Waals surface area (Å²) in [5.41, 5.74) is 0.108. The lowest BCUT2D eigenvalue weighted by molar-refractivity contribution is -0.193. The summed E-state index contributed by atoms with van der Waals surface area (Å²) in [6.07, 6.45) is -6.74. The zero-order valence-electron chi connectivity index (χ0n) is 20.4. The molecule has 1 aromatic rings. The highest BCUT2D eigenvalue weighted by Gasteiger charge is 2.52. The molecule has 0 saturated carbocycles. The van der Waals surface area contributed by atoms with Crippen LogP contribution in [0.3, 0.4) is 0 Å². The van der Waals surface area contributed by atoms with Crippen LogP contribution in [0.2, 0.25) is 0 Å². The smallest absolute Gasteiger partial charge is 0.475 e. The summed E-state index contributed by atoms with van der Waals surface area (Å²) in [5.74, 6) is -4.95. The molecular formula is C20H26F7N5O6. The van der Waals surface area contributed by atoms with E-state index in [-0.39, 0.29) is 18.1 Å². The number of hydrogen-bond donors (Lipinski definition) is 2. The molecular weight excluding hydrogens is 539 g/mol. The molecule has 2 aliphatic heterocycles. The van der Waals surface area contributed by atoms with E-state index >= 15 is 0 Å². The van der Waals surface area contributed by atoms with Crippen LogP contribution in [0, 0.1) is 11.7 Å². The van der Waals surface area contributed by atoms with Crippen LogP contribution in [0.1, 0.15) is 6.42 Å². The third-order valence-corrected chi connectivity index (χ3v) is 5.43. The van der Waals surface area contributed by atoms with Gasteiger partial charge in [-0.15, -0.1) is 0 Å². The van der Waals surface area contributed by atoms with Crippen LogP contribution in [0.15, 0.2) is 12.4 Å². The van der Waals surface area contributed by atoms with Gasteiger partial charge in [-0.2, -0.15) is 26.3 Å². The van der Waals surface area contributed by atoms with Gasteiger partial charge in [0.1, 0.15) is 6.61 Å². The number of carboxylic acid groups (broad SMARTS) is 2. The Balaban J connectivity index is 0.000000426. The number of hydrogen-bond acceptors (Lipinski definition) is 8. The van der Waals surface area contributed by atoms with Crippen molar-refractivity contribution in [2.45, 2.75) is 24.3 Å². The number of amides is 1. The lowest BCUT2D eigenvalue weighted by atomic mass is 9.85. The SMILES string of the molecule is CN(C)C(=O)COCC1CN(C)C2(C1)CN(c1ncc(F)cn1)C2.O=C(O)C(F)(F)F.O=C(O)C(F)(F)F. The van der Waals surface area contributed by atoms with Gasteiger partial charge in [-0.25, -0.2) is 23.9 Å². The molecule has 1 aromatic heterocycles. The van der Waals surface area contributed by atoms with Gasteiger partial charge in [0, 0.05) is 33.7 Å². The first kappa shape index (κ1) is 32.7. The minimum Gasteiger partial charge on any atom is -0.475 e. The highest BCUT2D eigenvalue weighted by molar-refractivity contribution is 5.76. The number of halogens is 7. The largest absolute Gasteiger partial charge is 0.490 e. The molecule has 216 valence electrons. The maximum atomic E-state index is 12.9. The first-order chi connectivity index (χ1) is 17.3. The Morgan fingerprint density at radius 1 is 1.05 bits per heavy atom. The molecule has 0 aromatic carbocycles. The van der Waals surface area contributed by atoms with Gasteiger partial charge in [0.15, 0.2) is 5.82 Å². The van der Waals surface area contributed by atoms with Crippen molar-refractivity contribution >= 4 is 23.8 Å². The van der Waals surface area contributed by atoms with E-state index in [0.29, 0.717) is 18.5 Å². The molecule has 11 nitrogen and oxygen atoms in total. The predicted molar refractivity (Wildman–Crippen MR) is 115 cm³/mol. The summed E-state index contributed by atoms with van der Waals surface area (Å²) >= 11 is 0. The topological polar surface area (TPSA) is 136 Å². The van der Waals surface area contributed by atoms with E-state index in [1.54, 1.807) is 14.1 Å². The summed E-state index contributed by atoms with van der Waals surface area (Å²) in [6.45, 7) is 3.35. The Hall–Kier alpha value is -3.28. The summed E-state index contributed by atoms with van der Waals surface area (Å²) < 4.78 is 82.0. The Labute approximate surface area is 211 Å². The monoisotopic (exact) mass is 565 g/mol. The molecule has 2 aliphatic rings. The Morgan fingerprint density at radius 3 is 1.89 bits per heavy atom. The second-order valence-electron chi connectivity index (χ2n) is 8.64. The van der Waals surface area contributed by atoms with Crippen LogP contribution in [-0.2, 0) is 19.1 Å². The number of carbonyl (C=O) groups excluding carboxylic acids is 1. The number of carboxylic acids is 2. The molecule has 38 heavy (non-hydrogen) atoms. The highest BCUT2D eigenvalue weighted by Crippen LogP contribution is 2.40. The molecule has 1 amide bonds. The number of likely N-dealkylation sites (tertiary alicyclic amines) is 1. The van der Waals surface area contributed by atoms with Crippen molar-refractivity contribution in [3.63, 3.8) is 0 Å². The Bertz CT molecular complexity index is 929. The van der Waals surface area contributed by atoms with Crippen LogP contribution in [0.5, 0.6) is 0 Å². The molecule has 0 bridgehead atoms. The van der Waals surface area contributed by atoms with Gasteiger partial charge >= 0.3 is 24.3 Å². The zero-order chi connectivity index (χ0) is 29.5. The van der Waals surface area contributed by atoms with E-state index in [2.05, 4.69) is 26.8 Å². The molecule has 3 rings (SSSR count). The van der Waals surface area contributed by atoms with E-state index in [1.165, 1.54) is 17.3 Å². The number of carbonyl (C=O) groups is 3. The fourth-order valence-electron chi connectivity index (χ4n) is 3.54. The maximum Gasteiger partial charge on any atom is 0.490 e. The van der Waals surface area contributed by atoms with Crippen molar-refractivity contribution in [3.8, 4) is 0 Å². The average molecular weight is 565 g/mol. The number of likely N-dealkylation sites (N-methyl/N-ethyl adjacent to an activating group) is 2. The quantitative estimate of drug-likeness (QED) is 0.506. The number of nitrogens with zero attached hydrogens (tertiary/aromatic N) is 5. The van der Waals surface area contributed by atoms with Crippen molar-refractivity contribution in [2.24, 2.45) is 5.92 Å². The maximum absolute atomic E-state index is 12.9. The Morgan fingerprint density at radius 2 is 1.50 bits per heavy atom. The molecule has 0 aliphatic carbocycles. The summed E-state index contributed by atoms with van der Waals surface area (Å²) in [7, 11) is 5.57. The number of ether oxygens (including phenoxy) is 1. The van der Waals surface area contributed by atoms with Gasteiger partial charge in [0.25, 0.3) is 0 Å². The molecule has 18 heteroatoms. The van der Waals surface area contributed by atoms with Gasteiger partial charge < -0.3 is 24.7 Å². The summed E-state index contributed by atoms with van der Waals surface area (Å²) in [5, 5.41) is 14.2. The van der Waals surface area contributed by atoms with Crippen LogP contribution in [-0.4, -0.2) is 120 Å². The standard InChI is InChI=1S/C16H24FN5O2.2C2HF3O2/c1-20(2)14(23)9-24-8-12-4-16(21(3)7-12)10-22(11-16)15-18-5-13(17)6-19-15;2*3-2(4,5)1(6)7/h5-6,12H,4,7-11H2,1-3H3;2*(H,6,7). The van der Waals surface area contributed by atoms with E-state index in [4.69, 9.17) is 24.5 Å². The molecule has 3 heterocycles. The molecule has 1 atom stereocenters. The second-order valence-corrected chi connectivity index (χ2v) is 8.64. The number of aromatic nitrogens is 2. The van der Waals surface area contributed by atoms with Crippen molar-refractivity contribution in [1.29, 1.82) is 0 Å². The van der Waals surface area contributed by atoms with Crippen LogP contribution >= 0.6 is 0 Å². The third-order valence-electron chi connectivity index (χ3n) is 5.43. The van der Waals surface area contributed by atoms with Crippen LogP contribution in [0.4, 0.5) is 36.7 Å². The highest BCUT2D eigenvalue weighted by atomic mass is 19.4. The molecule has 2 fully saturated rings. The van der Waals surface area contributed by atoms with Gasteiger partial charge in [-0.1, -0.05) is 0 Å². The van der Waals surface area contributed by atoms with Gasteiger partial charge in [0.2, 0.25) is 11.9 Å². The van der Waals surface area contributed by atoms with E-state index in [0.717, 1.165) is 26.1 Å². The van der Waals surface area contributed by atoms with Crippen molar-refractivity contribution < 1.29 is 60.1 Å². The fourth-order valence-corrected chi connectivity index (χ4v) is 3.54. The first-order valence-corrected chi connectivity index (χ1v) is 10.6. The molecule has 1 unspecified atom stereocenters. The minimum atomic E-state index is -5.08. The number of anilines is 1. The predicted octanol–water partition coefficient (Wildman–Crippen LogP) is 1.50. The number of rotatable bonds is 5. The summed E-state index contributed by atoms with van der Waals surface area (Å²) in [6, 6.07) is 0. The lowest BCUT2D eigenvalue weighted by Gasteiger charge is -2.51. The third kappa shape index (κ3) is 9.88. The normalized spacial score (nSPS) is 18.5. The number of aliphatic carboxylic acids is 2. The van der Waals surface area contributed by atoms with E-state index in [9.17, 15) is 35.5 Å². The van der Waals surface area contributed by atoms with Gasteiger partial charge in [-0.3, -0.25) is 9.69 Å². The zero-order valence-corrected chi connectivity index (χ0v) is 20.4. The van der Waals surface area contributed by atoms with Crippen LogP contribution < -0.4 is 4.90 Å². The minimum absolute atomic E-state index is 0.0145. The molecule has 0 radical (unpaired) electrons. The van der Waals surface area contributed by atoms with E-state index < -0.39 is 30.1 Å². The molecule has 1 spiro atoms. The van der Waals surface area contributed by atoms with Crippen molar-refractivity contribution in [3.05, 3.63) is 18.2 Å².